The van der Waals surface area contributed by atoms with Crippen LogP contribution >= 0.6 is 0 Å². The minimum absolute atomic E-state index is 1.19. The second-order valence-corrected chi connectivity index (χ2v) is 9.57. The fourth-order valence-corrected chi connectivity index (χ4v) is 5.40. The Morgan fingerprint density at radius 2 is 0.812 bits per heavy atom. The summed E-state index contributed by atoms with van der Waals surface area (Å²) in [6.07, 6.45) is 18.1. The van der Waals surface area contributed by atoms with E-state index in [0.717, 1.165) is 0 Å². The summed E-state index contributed by atoms with van der Waals surface area (Å²) in [5, 5.41) is 8.45. The van der Waals surface area contributed by atoms with Gasteiger partial charge in [-0.3, -0.25) is 0 Å². The average Bonchev–Trinajstić information content (AvgIpc) is 2.85. The number of unbranched alkanes of at least 4 members (excludes halogenated alkanes) is 11. The SMILES string of the molecule is CCCCCCCCCCCCCCc1cccc2c3ccccc3c3ccccc3c12. The smallest absolute Gasteiger partial charge is 0.00669 e. The highest BCUT2D eigenvalue weighted by Crippen LogP contribution is 2.37. The Hall–Kier alpha value is -2.34. The Labute approximate surface area is 195 Å². The quantitative estimate of drug-likeness (QED) is 0.148. The van der Waals surface area contributed by atoms with Crippen LogP contribution in [-0.2, 0) is 6.42 Å². The van der Waals surface area contributed by atoms with Crippen molar-refractivity contribution in [1.29, 1.82) is 0 Å². The van der Waals surface area contributed by atoms with Gasteiger partial charge < -0.3 is 0 Å². The van der Waals surface area contributed by atoms with Crippen LogP contribution in [0.5, 0.6) is 0 Å². The maximum atomic E-state index is 2.36. The van der Waals surface area contributed by atoms with Crippen molar-refractivity contribution in [2.75, 3.05) is 0 Å². The fourth-order valence-electron chi connectivity index (χ4n) is 5.40. The topological polar surface area (TPSA) is 0 Å². The molecule has 0 atom stereocenters. The van der Waals surface area contributed by atoms with Crippen LogP contribution in [0.15, 0.2) is 66.7 Å². The molecule has 0 aliphatic rings. The fraction of sp³-hybridized carbons (Fsp3) is 0.438. The molecule has 0 heterocycles. The van der Waals surface area contributed by atoms with Gasteiger partial charge in [0.15, 0.2) is 0 Å². The molecule has 4 aromatic carbocycles. The minimum Gasteiger partial charge on any atom is -0.0654 e. The van der Waals surface area contributed by atoms with Crippen LogP contribution in [0.3, 0.4) is 0 Å². The number of aryl methyl sites for hydroxylation is 1. The van der Waals surface area contributed by atoms with Gasteiger partial charge in [0, 0.05) is 0 Å². The molecule has 32 heavy (non-hydrogen) atoms. The molecule has 0 fully saturated rings. The van der Waals surface area contributed by atoms with E-state index in [1.165, 1.54) is 121 Å². The first kappa shape index (κ1) is 22.8. The van der Waals surface area contributed by atoms with Crippen LogP contribution in [-0.4, -0.2) is 0 Å². The van der Waals surface area contributed by atoms with Gasteiger partial charge in [-0.2, -0.15) is 0 Å². The third-order valence-corrected chi connectivity index (χ3v) is 7.15. The van der Waals surface area contributed by atoms with E-state index in [0.29, 0.717) is 0 Å². The molecule has 0 aliphatic heterocycles. The molecule has 0 spiro atoms. The van der Waals surface area contributed by atoms with E-state index in [4.69, 9.17) is 0 Å². The summed E-state index contributed by atoms with van der Waals surface area (Å²) >= 11 is 0. The number of fused-ring (bicyclic) bond motifs is 6. The van der Waals surface area contributed by atoms with E-state index in [-0.39, 0.29) is 0 Å². The second kappa shape index (κ2) is 12.0. The molecule has 4 rings (SSSR count). The van der Waals surface area contributed by atoms with Crippen molar-refractivity contribution in [3.63, 3.8) is 0 Å². The van der Waals surface area contributed by atoms with E-state index >= 15 is 0 Å². The summed E-state index contributed by atoms with van der Waals surface area (Å²) in [6.45, 7) is 2.30. The van der Waals surface area contributed by atoms with Gasteiger partial charge in [0.2, 0.25) is 0 Å². The Kier molecular flexibility index (Phi) is 8.60. The molecule has 0 aromatic heterocycles. The zero-order valence-corrected chi connectivity index (χ0v) is 20.0. The van der Waals surface area contributed by atoms with Crippen molar-refractivity contribution in [2.24, 2.45) is 0 Å². The minimum atomic E-state index is 1.19. The van der Waals surface area contributed by atoms with E-state index in [1.54, 1.807) is 0 Å². The molecule has 0 nitrogen and oxygen atoms in total. The number of rotatable bonds is 13. The van der Waals surface area contributed by atoms with Crippen molar-refractivity contribution in [3.8, 4) is 0 Å². The van der Waals surface area contributed by atoms with Crippen molar-refractivity contribution < 1.29 is 0 Å². The van der Waals surface area contributed by atoms with E-state index < -0.39 is 0 Å². The van der Waals surface area contributed by atoms with Crippen molar-refractivity contribution in [1.82, 2.24) is 0 Å². The summed E-state index contributed by atoms with van der Waals surface area (Å²) in [6, 6.07) is 24.8. The van der Waals surface area contributed by atoms with E-state index in [2.05, 4.69) is 73.7 Å². The highest BCUT2D eigenvalue weighted by Gasteiger charge is 2.10. The number of hydrogen-bond acceptors (Lipinski definition) is 0. The second-order valence-electron chi connectivity index (χ2n) is 9.57. The number of hydrogen-bond donors (Lipinski definition) is 0. The Bertz CT molecular complexity index is 1080. The van der Waals surface area contributed by atoms with Gasteiger partial charge in [0.05, 0.1) is 0 Å². The van der Waals surface area contributed by atoms with Crippen LogP contribution in [0.4, 0.5) is 0 Å². The lowest BCUT2D eigenvalue weighted by atomic mass is 9.90. The molecule has 4 aromatic rings. The zero-order valence-electron chi connectivity index (χ0n) is 20.0. The Balaban J connectivity index is 1.34. The van der Waals surface area contributed by atoms with Gasteiger partial charge in [-0.25, -0.2) is 0 Å². The van der Waals surface area contributed by atoms with Crippen LogP contribution in [0.1, 0.15) is 89.5 Å². The van der Waals surface area contributed by atoms with Gasteiger partial charge in [0.1, 0.15) is 0 Å². The summed E-state index contributed by atoms with van der Waals surface area (Å²) in [5.74, 6) is 0. The molecular formula is C32H40. The molecule has 0 saturated heterocycles. The number of benzene rings is 4. The molecule has 168 valence electrons. The Morgan fingerprint density at radius 3 is 1.34 bits per heavy atom. The molecule has 0 N–H and O–H groups in total. The highest BCUT2D eigenvalue weighted by atomic mass is 14.1. The molecule has 0 aliphatic carbocycles. The maximum absolute atomic E-state index is 2.36. The lowest BCUT2D eigenvalue weighted by molar-refractivity contribution is 0.544. The van der Waals surface area contributed by atoms with Crippen LogP contribution < -0.4 is 0 Å². The van der Waals surface area contributed by atoms with Crippen molar-refractivity contribution in [3.05, 3.63) is 72.3 Å². The van der Waals surface area contributed by atoms with Gasteiger partial charge >= 0.3 is 0 Å². The summed E-state index contributed by atoms with van der Waals surface area (Å²) in [5.41, 5.74) is 1.52. The van der Waals surface area contributed by atoms with Crippen LogP contribution in [0, 0.1) is 0 Å². The first-order valence-electron chi connectivity index (χ1n) is 13.2. The van der Waals surface area contributed by atoms with E-state index in [9.17, 15) is 0 Å². The molecular weight excluding hydrogens is 384 g/mol. The van der Waals surface area contributed by atoms with Gasteiger partial charge in [-0.05, 0) is 50.7 Å². The third kappa shape index (κ3) is 5.52. The summed E-state index contributed by atoms with van der Waals surface area (Å²) in [4.78, 5) is 0. The Morgan fingerprint density at radius 1 is 0.406 bits per heavy atom. The third-order valence-electron chi connectivity index (χ3n) is 7.15. The van der Waals surface area contributed by atoms with Gasteiger partial charge in [-0.1, -0.05) is 144 Å². The molecule has 0 bridgehead atoms. The lowest BCUT2D eigenvalue weighted by Gasteiger charge is -2.14. The lowest BCUT2D eigenvalue weighted by Crippen LogP contribution is -1.91. The zero-order chi connectivity index (χ0) is 22.0. The predicted molar refractivity (Wildman–Crippen MR) is 144 cm³/mol. The van der Waals surface area contributed by atoms with Crippen molar-refractivity contribution >= 4 is 32.3 Å². The molecule has 0 unspecified atom stereocenters. The molecule has 0 amide bonds. The van der Waals surface area contributed by atoms with Gasteiger partial charge in [-0.15, -0.1) is 0 Å². The highest BCUT2D eigenvalue weighted by molar-refractivity contribution is 6.26. The predicted octanol–water partition coefficient (Wildman–Crippen LogP) is 10.4. The van der Waals surface area contributed by atoms with E-state index in [1.807, 2.05) is 0 Å². The van der Waals surface area contributed by atoms with Crippen molar-refractivity contribution in [2.45, 2.75) is 90.4 Å². The first-order valence-corrected chi connectivity index (χ1v) is 13.2. The van der Waals surface area contributed by atoms with Crippen LogP contribution in [0.25, 0.3) is 32.3 Å². The molecule has 0 radical (unpaired) electrons. The maximum Gasteiger partial charge on any atom is -0.00669 e. The molecule has 0 saturated carbocycles. The largest absolute Gasteiger partial charge is 0.0654 e. The summed E-state index contributed by atoms with van der Waals surface area (Å²) < 4.78 is 0. The van der Waals surface area contributed by atoms with Gasteiger partial charge in [0.25, 0.3) is 0 Å². The monoisotopic (exact) mass is 424 g/mol. The normalized spacial score (nSPS) is 11.7. The first-order chi connectivity index (χ1) is 15.9. The molecule has 0 heteroatoms. The standard InChI is InChI=1S/C32H40/c1-2-3-4-5-6-7-8-9-10-11-12-13-19-26-20-18-25-31-29-22-15-14-21-27(29)28-23-16-17-24-30(28)32(26)31/h14-18,20-25H,2-13,19H2,1H3. The summed E-state index contributed by atoms with van der Waals surface area (Å²) in [7, 11) is 0. The van der Waals surface area contributed by atoms with Crippen LogP contribution in [0.2, 0.25) is 0 Å². The average molecular weight is 425 g/mol.